The van der Waals surface area contributed by atoms with E-state index >= 15 is 0 Å². The second kappa shape index (κ2) is 7.03. The predicted molar refractivity (Wildman–Crippen MR) is 128 cm³/mol. The van der Waals surface area contributed by atoms with Crippen LogP contribution in [0.2, 0.25) is 0 Å². The first kappa shape index (κ1) is 17.3. The van der Waals surface area contributed by atoms with Gasteiger partial charge in [-0.3, -0.25) is 0 Å². The lowest BCUT2D eigenvalue weighted by molar-refractivity contribution is 0.685. The minimum absolute atomic E-state index is 0.415. The fourth-order valence-corrected chi connectivity index (χ4v) is 5.13. The molecule has 0 bridgehead atoms. The molecular weight excluding hydrogens is 362 g/mol. The van der Waals surface area contributed by atoms with Gasteiger partial charge in [-0.05, 0) is 45.8 Å². The second-order valence-electron chi connectivity index (χ2n) is 8.12. The Hall–Kier alpha value is -3.58. The molecular formula is C29H23N. The second-order valence-corrected chi connectivity index (χ2v) is 8.12. The van der Waals surface area contributed by atoms with Crippen molar-refractivity contribution in [3.05, 3.63) is 120 Å². The quantitative estimate of drug-likeness (QED) is 0.301. The molecule has 0 spiro atoms. The maximum atomic E-state index is 2.51. The lowest BCUT2D eigenvalue weighted by atomic mass is 9.82. The maximum Gasteiger partial charge on any atom is 0.0490 e. The van der Waals surface area contributed by atoms with E-state index in [1.54, 1.807) is 0 Å². The minimum Gasteiger partial charge on any atom is -0.341 e. The highest BCUT2D eigenvalue weighted by atomic mass is 15.1. The van der Waals surface area contributed by atoms with Crippen LogP contribution in [-0.2, 0) is 0 Å². The fourth-order valence-electron chi connectivity index (χ4n) is 5.13. The first-order valence-corrected chi connectivity index (χ1v) is 10.7. The molecule has 1 unspecified atom stereocenters. The molecule has 1 heterocycles. The Morgan fingerprint density at radius 2 is 1.07 bits per heavy atom. The fraction of sp³-hybridized carbons (Fsp3) is 0.103. The van der Waals surface area contributed by atoms with Gasteiger partial charge in [-0.1, -0.05) is 97.1 Å². The zero-order valence-electron chi connectivity index (χ0n) is 16.8. The van der Waals surface area contributed by atoms with Crippen molar-refractivity contribution < 1.29 is 0 Å². The zero-order chi connectivity index (χ0) is 19.9. The average Bonchev–Trinajstić information content (AvgIpc) is 2.83. The zero-order valence-corrected chi connectivity index (χ0v) is 16.8. The topological polar surface area (TPSA) is 3.24 Å². The number of nitrogens with zero attached hydrogens (tertiary/aromatic N) is 1. The summed E-state index contributed by atoms with van der Waals surface area (Å²) in [6.07, 6.45) is 1.11. The SMILES string of the molecule is c1ccc2c(c1)C(c1cccc3ccccc13)CCN2c1cccc2ccccc12. The molecule has 0 fully saturated rings. The summed E-state index contributed by atoms with van der Waals surface area (Å²) < 4.78 is 0. The first-order valence-electron chi connectivity index (χ1n) is 10.7. The van der Waals surface area contributed by atoms with Crippen LogP contribution in [0.4, 0.5) is 11.4 Å². The molecule has 5 aromatic carbocycles. The van der Waals surface area contributed by atoms with Gasteiger partial charge in [0, 0.05) is 29.2 Å². The lowest BCUT2D eigenvalue weighted by Gasteiger charge is -2.37. The monoisotopic (exact) mass is 385 g/mol. The Balaban J connectivity index is 1.52. The van der Waals surface area contributed by atoms with Crippen LogP contribution in [0.3, 0.4) is 0 Å². The number of rotatable bonds is 2. The van der Waals surface area contributed by atoms with Gasteiger partial charge < -0.3 is 4.90 Å². The number of hydrogen-bond acceptors (Lipinski definition) is 1. The number of para-hydroxylation sites is 1. The normalized spacial score (nSPS) is 16.0. The lowest BCUT2D eigenvalue weighted by Crippen LogP contribution is -2.27. The number of fused-ring (bicyclic) bond motifs is 3. The summed E-state index contributed by atoms with van der Waals surface area (Å²) in [6, 6.07) is 39.8. The molecule has 0 saturated carbocycles. The van der Waals surface area contributed by atoms with Crippen molar-refractivity contribution in [2.45, 2.75) is 12.3 Å². The van der Waals surface area contributed by atoms with E-state index in [-0.39, 0.29) is 0 Å². The molecule has 5 aromatic rings. The minimum atomic E-state index is 0.415. The molecule has 0 aliphatic carbocycles. The Kier molecular flexibility index (Phi) is 4.06. The van der Waals surface area contributed by atoms with Crippen molar-refractivity contribution in [3.63, 3.8) is 0 Å². The van der Waals surface area contributed by atoms with E-state index in [4.69, 9.17) is 0 Å². The molecule has 0 amide bonds. The van der Waals surface area contributed by atoms with Gasteiger partial charge in [-0.15, -0.1) is 0 Å². The molecule has 0 N–H and O–H groups in total. The van der Waals surface area contributed by atoms with Gasteiger partial charge in [-0.25, -0.2) is 0 Å². The number of benzene rings is 5. The van der Waals surface area contributed by atoms with Crippen molar-refractivity contribution >= 4 is 32.9 Å². The number of hydrogen-bond donors (Lipinski definition) is 0. The van der Waals surface area contributed by atoms with Gasteiger partial charge in [0.15, 0.2) is 0 Å². The van der Waals surface area contributed by atoms with Crippen LogP contribution in [0.15, 0.2) is 109 Å². The highest BCUT2D eigenvalue weighted by molar-refractivity contribution is 5.97. The maximum absolute atomic E-state index is 2.51. The largest absolute Gasteiger partial charge is 0.341 e. The van der Waals surface area contributed by atoms with Crippen LogP contribution in [-0.4, -0.2) is 6.54 Å². The molecule has 30 heavy (non-hydrogen) atoms. The molecule has 0 saturated heterocycles. The Bertz CT molecular complexity index is 1250. The van der Waals surface area contributed by atoms with E-state index < -0.39 is 0 Å². The van der Waals surface area contributed by atoms with Gasteiger partial charge in [0.25, 0.3) is 0 Å². The molecule has 0 aromatic heterocycles. The van der Waals surface area contributed by atoms with Crippen LogP contribution in [0, 0.1) is 0 Å². The van der Waals surface area contributed by atoms with Gasteiger partial charge in [0.05, 0.1) is 0 Å². The van der Waals surface area contributed by atoms with Crippen molar-refractivity contribution in [2.75, 3.05) is 11.4 Å². The summed E-state index contributed by atoms with van der Waals surface area (Å²) in [5.41, 5.74) is 5.50. The van der Waals surface area contributed by atoms with Crippen LogP contribution < -0.4 is 4.90 Å². The molecule has 144 valence electrons. The van der Waals surface area contributed by atoms with Gasteiger partial charge in [0.1, 0.15) is 0 Å². The molecule has 0 radical (unpaired) electrons. The third kappa shape index (κ3) is 2.70. The van der Waals surface area contributed by atoms with Gasteiger partial charge >= 0.3 is 0 Å². The van der Waals surface area contributed by atoms with Crippen molar-refractivity contribution in [2.24, 2.45) is 0 Å². The van der Waals surface area contributed by atoms with Gasteiger partial charge in [-0.2, -0.15) is 0 Å². The van der Waals surface area contributed by atoms with Crippen LogP contribution in [0.5, 0.6) is 0 Å². The molecule has 1 atom stereocenters. The molecule has 1 nitrogen and oxygen atoms in total. The summed E-state index contributed by atoms with van der Waals surface area (Å²) in [5.74, 6) is 0.415. The third-order valence-electron chi connectivity index (χ3n) is 6.50. The van der Waals surface area contributed by atoms with Crippen LogP contribution >= 0.6 is 0 Å². The standard InChI is InChI=1S/C29H23N/c1-3-13-23-21(9-1)11-7-16-25(23)26-19-20-30(29-17-6-5-15-27(26)29)28-18-8-12-22-10-2-4-14-24(22)28/h1-18,26H,19-20H2. The smallest absolute Gasteiger partial charge is 0.0490 e. The van der Waals surface area contributed by atoms with Gasteiger partial charge in [0.2, 0.25) is 0 Å². The van der Waals surface area contributed by atoms with E-state index in [1.807, 2.05) is 0 Å². The molecule has 6 rings (SSSR count). The summed E-state index contributed by atoms with van der Waals surface area (Å²) in [5, 5.41) is 5.31. The summed E-state index contributed by atoms with van der Waals surface area (Å²) in [6.45, 7) is 1.01. The Morgan fingerprint density at radius 3 is 1.93 bits per heavy atom. The Labute approximate surface area is 177 Å². The molecule has 1 heteroatoms. The number of anilines is 2. The summed E-state index contributed by atoms with van der Waals surface area (Å²) >= 11 is 0. The average molecular weight is 386 g/mol. The highest BCUT2D eigenvalue weighted by Gasteiger charge is 2.28. The summed E-state index contributed by atoms with van der Waals surface area (Å²) in [7, 11) is 0. The summed E-state index contributed by atoms with van der Waals surface area (Å²) in [4.78, 5) is 2.51. The highest BCUT2D eigenvalue weighted by Crippen LogP contribution is 2.45. The van der Waals surface area contributed by atoms with Crippen molar-refractivity contribution in [1.29, 1.82) is 0 Å². The molecule has 1 aliphatic heterocycles. The van der Waals surface area contributed by atoms with Crippen molar-refractivity contribution in [3.8, 4) is 0 Å². The van der Waals surface area contributed by atoms with E-state index in [1.165, 1.54) is 44.0 Å². The molecule has 1 aliphatic rings. The predicted octanol–water partition coefficient (Wildman–Crippen LogP) is 7.67. The third-order valence-corrected chi connectivity index (χ3v) is 6.50. The van der Waals surface area contributed by atoms with Crippen LogP contribution in [0.25, 0.3) is 21.5 Å². The van der Waals surface area contributed by atoms with Crippen LogP contribution in [0.1, 0.15) is 23.5 Å². The van der Waals surface area contributed by atoms with E-state index in [0.717, 1.165) is 13.0 Å². The first-order chi connectivity index (χ1) is 14.9. The Morgan fingerprint density at radius 1 is 0.500 bits per heavy atom. The van der Waals surface area contributed by atoms with Crippen molar-refractivity contribution in [1.82, 2.24) is 0 Å². The van der Waals surface area contributed by atoms with E-state index in [0.29, 0.717) is 5.92 Å². The van der Waals surface area contributed by atoms with E-state index in [9.17, 15) is 0 Å². The van der Waals surface area contributed by atoms with E-state index in [2.05, 4.69) is 114 Å².